The molecule has 20 heteroatoms. The van der Waals surface area contributed by atoms with Gasteiger partial charge in [0, 0.05) is 13.2 Å². The molecule has 0 spiro atoms. The molecule has 0 aliphatic carbocycles. The summed E-state index contributed by atoms with van der Waals surface area (Å²) in [5.74, 6) is -6.52. The molecule has 16 nitrogen and oxygen atoms in total. The van der Waals surface area contributed by atoms with Crippen LogP contribution in [0.25, 0.3) is 0 Å². The Bertz CT molecular complexity index is 1140. The number of carboxylic acids is 2. The second-order valence-electron chi connectivity index (χ2n) is 13.0. The van der Waals surface area contributed by atoms with Crippen molar-refractivity contribution in [3.8, 4) is 0 Å². The van der Waals surface area contributed by atoms with Gasteiger partial charge in [-0.05, 0) is 26.7 Å². The largest absolute Gasteiger partial charge is 1.00 e. The topological polar surface area (TPSA) is 260 Å². The van der Waals surface area contributed by atoms with E-state index in [4.69, 9.17) is 18.9 Å². The SMILES string of the molecule is CCCCCCCCCCCCOC(=O)C(C(OCC)C(=O)[O-])S(=O)(=O)O.CCCCCCCCCCCCOC(=O)C(C(OCC)C(=O)[O-])S(=O)(=O)O.[Na+].[Na+]. The predicted molar refractivity (Wildman–Crippen MR) is 197 cm³/mol. The maximum absolute atomic E-state index is 11.9. The Morgan fingerprint density at radius 1 is 0.464 bits per heavy atom. The molecule has 4 atom stereocenters. The Kier molecular flexibility index (Phi) is 43.1. The van der Waals surface area contributed by atoms with Crippen LogP contribution in [0.3, 0.4) is 0 Å². The molecule has 0 bridgehead atoms. The first kappa shape index (κ1) is 62.3. The van der Waals surface area contributed by atoms with Crippen molar-refractivity contribution in [3.05, 3.63) is 0 Å². The number of hydrogen-bond acceptors (Lipinski definition) is 14. The molecule has 0 fully saturated rings. The van der Waals surface area contributed by atoms with Crippen LogP contribution < -0.4 is 69.3 Å². The summed E-state index contributed by atoms with van der Waals surface area (Å²) in [7, 11) is -10.0. The van der Waals surface area contributed by atoms with Crippen LogP contribution in [-0.2, 0) is 58.4 Å². The van der Waals surface area contributed by atoms with Gasteiger partial charge in [-0.1, -0.05) is 129 Å². The molecule has 0 rings (SSSR count). The summed E-state index contributed by atoms with van der Waals surface area (Å²) in [4.78, 5) is 45.9. The van der Waals surface area contributed by atoms with E-state index in [0.29, 0.717) is 12.8 Å². The summed E-state index contributed by atoms with van der Waals surface area (Å²) in [5.41, 5.74) is 0. The Hall–Kier alpha value is -0.380. The summed E-state index contributed by atoms with van der Waals surface area (Å²) in [5, 5.41) is 17.3. The summed E-state index contributed by atoms with van der Waals surface area (Å²) < 4.78 is 83.0. The zero-order valence-electron chi connectivity index (χ0n) is 34.7. The zero-order valence-corrected chi connectivity index (χ0v) is 40.3. The minimum absolute atomic E-state index is 0. The average Bonchev–Trinajstić information content (AvgIpc) is 3.08. The predicted octanol–water partition coefficient (Wildman–Crippen LogP) is -2.27. The monoisotopic (exact) mass is 864 g/mol. The molecule has 0 aromatic carbocycles. The van der Waals surface area contributed by atoms with Crippen molar-refractivity contribution >= 4 is 44.1 Å². The number of carbonyl (C=O) groups is 4. The van der Waals surface area contributed by atoms with Crippen molar-refractivity contribution in [2.45, 2.75) is 179 Å². The summed E-state index contributed by atoms with van der Waals surface area (Å²) in [6.45, 7) is 6.77. The molecule has 0 saturated heterocycles. The quantitative estimate of drug-likeness (QED) is 0.0299. The van der Waals surface area contributed by atoms with Gasteiger partial charge in [0.25, 0.3) is 20.2 Å². The van der Waals surface area contributed by atoms with Gasteiger partial charge in [-0.3, -0.25) is 18.7 Å². The Balaban J connectivity index is -0.000000466. The van der Waals surface area contributed by atoms with Gasteiger partial charge in [-0.2, -0.15) is 16.8 Å². The Labute approximate surface area is 379 Å². The third kappa shape index (κ3) is 32.5. The number of ether oxygens (including phenoxy) is 4. The number of rotatable bonds is 34. The van der Waals surface area contributed by atoms with E-state index in [1.54, 1.807) is 0 Å². The van der Waals surface area contributed by atoms with Crippen molar-refractivity contribution in [3.63, 3.8) is 0 Å². The normalized spacial score (nSPS) is 13.4. The van der Waals surface area contributed by atoms with Crippen LogP contribution >= 0.6 is 0 Å². The van der Waals surface area contributed by atoms with Crippen molar-refractivity contribution in [2.75, 3.05) is 26.4 Å². The maximum atomic E-state index is 11.9. The molecule has 0 aromatic rings. The van der Waals surface area contributed by atoms with Gasteiger partial charge in [-0.15, -0.1) is 0 Å². The number of aliphatic carboxylic acids is 2. The van der Waals surface area contributed by atoms with E-state index in [1.165, 1.54) is 78.1 Å². The minimum atomic E-state index is -5.02. The van der Waals surface area contributed by atoms with Gasteiger partial charge in [-0.25, -0.2) is 0 Å². The Morgan fingerprint density at radius 2 is 0.696 bits per heavy atom. The van der Waals surface area contributed by atoms with E-state index in [2.05, 4.69) is 13.8 Å². The van der Waals surface area contributed by atoms with E-state index in [1.807, 2.05) is 0 Å². The standard InChI is InChI=1S/2C18H34O8S.2Na/c2*1-3-5-6-7-8-9-10-11-12-13-14-26-18(21)16(27(22,23)24)15(17(19)20)25-4-2;;/h2*15-16H,3-14H2,1-2H3,(H,19,20)(H,22,23,24);;/q;;2*+1/p-2. The number of hydrogen-bond donors (Lipinski definition) is 2. The molecule has 0 saturated carbocycles. The van der Waals surface area contributed by atoms with Gasteiger partial charge in [0.05, 0.1) is 25.2 Å². The molecule has 4 unspecified atom stereocenters. The molecule has 0 aliphatic heterocycles. The van der Waals surface area contributed by atoms with Crippen LogP contribution in [0.4, 0.5) is 0 Å². The number of carbonyl (C=O) groups excluding carboxylic acids is 4. The van der Waals surface area contributed by atoms with E-state index in [-0.39, 0.29) is 85.5 Å². The summed E-state index contributed by atoms with van der Waals surface area (Å²) in [6.07, 6.45) is 17.4. The van der Waals surface area contributed by atoms with Crippen LogP contribution in [0.15, 0.2) is 0 Å². The third-order valence-corrected chi connectivity index (χ3v) is 10.5. The van der Waals surface area contributed by atoms with Crippen LogP contribution in [-0.4, -0.2) is 99.0 Å². The van der Waals surface area contributed by atoms with E-state index < -0.39 is 66.8 Å². The molecule has 0 aromatic heterocycles. The van der Waals surface area contributed by atoms with Crippen LogP contribution in [0.5, 0.6) is 0 Å². The van der Waals surface area contributed by atoms with Crippen molar-refractivity contribution in [1.29, 1.82) is 0 Å². The molecule has 0 aliphatic rings. The van der Waals surface area contributed by atoms with Crippen molar-refractivity contribution < 1.29 is 133 Å². The molecule has 2 N–H and O–H groups in total. The first-order valence-corrected chi connectivity index (χ1v) is 22.4. The van der Waals surface area contributed by atoms with Gasteiger partial charge in [0.2, 0.25) is 10.5 Å². The van der Waals surface area contributed by atoms with Crippen molar-refractivity contribution in [2.24, 2.45) is 0 Å². The van der Waals surface area contributed by atoms with Crippen LogP contribution in [0.2, 0.25) is 0 Å². The fraction of sp³-hybridized carbons (Fsp3) is 0.889. The summed E-state index contributed by atoms with van der Waals surface area (Å²) in [6, 6.07) is 0. The average molecular weight is 865 g/mol. The molecule has 0 amide bonds. The Morgan fingerprint density at radius 3 is 0.893 bits per heavy atom. The maximum Gasteiger partial charge on any atom is 1.00 e. The van der Waals surface area contributed by atoms with Gasteiger partial charge < -0.3 is 38.7 Å². The first-order valence-electron chi connectivity index (χ1n) is 19.4. The molecule has 56 heavy (non-hydrogen) atoms. The molecule has 320 valence electrons. The first-order chi connectivity index (χ1) is 25.5. The minimum Gasteiger partial charge on any atom is -0.547 e. The molecular weight excluding hydrogens is 798 g/mol. The van der Waals surface area contributed by atoms with E-state index in [0.717, 1.165) is 51.4 Å². The zero-order chi connectivity index (χ0) is 41.4. The smallest absolute Gasteiger partial charge is 0.547 e. The van der Waals surface area contributed by atoms with Crippen LogP contribution in [0.1, 0.15) is 156 Å². The third-order valence-electron chi connectivity index (χ3n) is 8.30. The fourth-order valence-corrected chi connectivity index (χ4v) is 7.04. The molecular formula is C36H66Na2O16S2. The van der Waals surface area contributed by atoms with Gasteiger partial charge in [0.1, 0.15) is 12.2 Å². The second kappa shape index (κ2) is 38.8. The second-order valence-corrected chi connectivity index (χ2v) is 16.0. The molecule has 0 radical (unpaired) electrons. The van der Waals surface area contributed by atoms with E-state index in [9.17, 15) is 55.3 Å². The van der Waals surface area contributed by atoms with E-state index >= 15 is 0 Å². The fourth-order valence-electron chi connectivity index (χ4n) is 5.41. The van der Waals surface area contributed by atoms with Gasteiger partial charge >= 0.3 is 71.1 Å². The number of unbranched alkanes of at least 4 members (excludes halogenated alkanes) is 18. The number of carboxylic acid groups (broad SMARTS) is 2. The summed E-state index contributed by atoms with van der Waals surface area (Å²) >= 11 is 0. The molecule has 0 heterocycles. The van der Waals surface area contributed by atoms with Gasteiger partial charge in [0.15, 0.2) is 0 Å². The van der Waals surface area contributed by atoms with Crippen molar-refractivity contribution in [1.82, 2.24) is 0 Å². The van der Waals surface area contributed by atoms with Crippen LogP contribution in [0, 0.1) is 0 Å². The number of esters is 2.